The number of nitrogens with one attached hydrogen (secondary N) is 2. The largest absolute Gasteiger partial charge is 0.378 e. The van der Waals surface area contributed by atoms with Crippen LogP contribution in [0.4, 0.5) is 0 Å². The first-order valence-corrected chi connectivity index (χ1v) is 11.9. The highest BCUT2D eigenvalue weighted by Gasteiger charge is 2.12. The van der Waals surface area contributed by atoms with E-state index in [2.05, 4.69) is 76.8 Å². The van der Waals surface area contributed by atoms with Crippen LogP contribution in [0.1, 0.15) is 32.3 Å². The summed E-state index contributed by atoms with van der Waals surface area (Å²) in [6, 6.07) is 10.6. The molecule has 1 aromatic rings. The minimum atomic E-state index is 0.227. The van der Waals surface area contributed by atoms with Gasteiger partial charge in [0.05, 0.1) is 6.07 Å². The van der Waals surface area contributed by atoms with Gasteiger partial charge in [0, 0.05) is 53.6 Å². The lowest BCUT2D eigenvalue weighted by atomic mass is 10.1. The maximum atomic E-state index is 8.92. The number of hydrogen-bond acceptors (Lipinski definition) is 6. The molecule has 0 spiro atoms. The van der Waals surface area contributed by atoms with Crippen molar-refractivity contribution < 1.29 is 0 Å². The Balaban J connectivity index is 1.76. The number of rotatable bonds is 9. The normalized spacial score (nSPS) is 22.7. The van der Waals surface area contributed by atoms with Crippen molar-refractivity contribution in [3.8, 4) is 6.07 Å². The molecule has 2 heterocycles. The van der Waals surface area contributed by atoms with Gasteiger partial charge in [-0.2, -0.15) is 5.26 Å². The van der Waals surface area contributed by atoms with E-state index in [1.165, 1.54) is 17.7 Å². The van der Waals surface area contributed by atoms with E-state index in [1.54, 1.807) is 12.4 Å². The zero-order chi connectivity index (χ0) is 23.5. The number of nitrogens with zero attached hydrogens (tertiary/aromatic N) is 3. The molecule has 6 heteroatoms. The van der Waals surface area contributed by atoms with Crippen molar-refractivity contribution in [2.24, 2.45) is 4.99 Å². The van der Waals surface area contributed by atoms with Crippen molar-refractivity contribution in [2.75, 3.05) is 19.6 Å². The summed E-state index contributed by atoms with van der Waals surface area (Å²) in [4.78, 5) is 5.47. The Morgan fingerprint density at radius 1 is 1.30 bits per heavy atom. The Morgan fingerprint density at radius 3 is 2.91 bits per heavy atom. The van der Waals surface area contributed by atoms with Crippen molar-refractivity contribution in [1.82, 2.24) is 14.9 Å². The van der Waals surface area contributed by atoms with Crippen LogP contribution in [0, 0.1) is 11.3 Å². The first-order valence-electron chi connectivity index (χ1n) is 11.1. The number of nitriles is 1. The highest BCUT2D eigenvalue weighted by Crippen LogP contribution is 2.27. The molecule has 0 radical (unpaired) electrons. The third-order valence-corrected chi connectivity index (χ3v) is 6.51. The molecule has 33 heavy (non-hydrogen) atoms. The minimum absolute atomic E-state index is 0.227. The van der Waals surface area contributed by atoms with Gasteiger partial charge in [0.25, 0.3) is 0 Å². The van der Waals surface area contributed by atoms with Crippen molar-refractivity contribution in [1.29, 1.82) is 5.26 Å². The molecule has 3 rings (SSSR count). The first-order chi connectivity index (χ1) is 16.1. The molecule has 0 saturated carbocycles. The lowest BCUT2D eigenvalue weighted by Gasteiger charge is -2.17. The summed E-state index contributed by atoms with van der Waals surface area (Å²) in [5.74, 6) is 0. The molecule has 1 fully saturated rings. The summed E-state index contributed by atoms with van der Waals surface area (Å²) in [6.45, 7) is 10.9. The van der Waals surface area contributed by atoms with Crippen LogP contribution in [-0.2, 0) is 0 Å². The van der Waals surface area contributed by atoms with Gasteiger partial charge in [0.15, 0.2) is 0 Å². The highest BCUT2D eigenvalue weighted by molar-refractivity contribution is 7.97. The Bertz CT molecular complexity index is 1080. The lowest BCUT2D eigenvalue weighted by Crippen LogP contribution is -2.17. The average molecular weight is 458 g/mol. The molecule has 2 N–H and O–H groups in total. The molecule has 0 aliphatic carbocycles. The minimum Gasteiger partial charge on any atom is -0.378 e. The van der Waals surface area contributed by atoms with Crippen molar-refractivity contribution in [3.05, 3.63) is 95.1 Å². The van der Waals surface area contributed by atoms with Gasteiger partial charge < -0.3 is 10.6 Å². The number of aliphatic imine (C=N–C) groups is 1. The Kier molecular flexibility index (Phi) is 9.37. The number of benzene rings is 1. The molecule has 0 aromatic heterocycles. The van der Waals surface area contributed by atoms with E-state index in [-0.39, 0.29) is 6.54 Å². The van der Waals surface area contributed by atoms with Gasteiger partial charge in [-0.25, -0.2) is 4.31 Å². The molecule has 1 aromatic carbocycles. The molecule has 0 bridgehead atoms. The van der Waals surface area contributed by atoms with E-state index in [4.69, 9.17) is 5.26 Å². The first kappa shape index (κ1) is 24.4. The van der Waals surface area contributed by atoms with Crippen LogP contribution in [0.2, 0.25) is 0 Å². The maximum Gasteiger partial charge on any atom is 0.102 e. The van der Waals surface area contributed by atoms with Crippen molar-refractivity contribution >= 4 is 24.2 Å². The molecule has 170 valence electrons. The predicted molar refractivity (Wildman–Crippen MR) is 140 cm³/mol. The van der Waals surface area contributed by atoms with E-state index in [9.17, 15) is 0 Å². The quantitative estimate of drug-likeness (QED) is 0.215. The van der Waals surface area contributed by atoms with E-state index in [0.29, 0.717) is 0 Å². The lowest BCUT2D eigenvalue weighted by molar-refractivity contribution is 0.586. The van der Waals surface area contributed by atoms with Gasteiger partial charge in [-0.05, 0) is 79.6 Å². The average Bonchev–Trinajstić information content (AvgIpc) is 3.32. The smallest absolute Gasteiger partial charge is 0.102 e. The third kappa shape index (κ3) is 7.67. The fourth-order valence-corrected chi connectivity index (χ4v) is 4.45. The molecule has 2 aliphatic rings. The highest BCUT2D eigenvalue weighted by atomic mass is 32.2. The van der Waals surface area contributed by atoms with Gasteiger partial charge in [-0.1, -0.05) is 30.9 Å². The van der Waals surface area contributed by atoms with Gasteiger partial charge >= 0.3 is 0 Å². The van der Waals surface area contributed by atoms with Crippen LogP contribution in [0.25, 0.3) is 6.08 Å². The van der Waals surface area contributed by atoms with Crippen LogP contribution >= 0.6 is 11.9 Å². The topological polar surface area (TPSA) is 63.5 Å². The Labute approximate surface area is 201 Å². The molecule has 1 saturated heterocycles. The summed E-state index contributed by atoms with van der Waals surface area (Å²) in [5, 5.41) is 15.4. The maximum absolute atomic E-state index is 8.92. The molecule has 5 nitrogen and oxygen atoms in total. The summed E-state index contributed by atoms with van der Waals surface area (Å²) >= 11 is 1.83. The van der Waals surface area contributed by atoms with Crippen LogP contribution < -0.4 is 10.6 Å². The number of hydrogen-bond donors (Lipinski definition) is 2. The van der Waals surface area contributed by atoms with Gasteiger partial charge in [-0.15, -0.1) is 0 Å². The summed E-state index contributed by atoms with van der Waals surface area (Å²) < 4.78 is 2.42. The van der Waals surface area contributed by atoms with Crippen molar-refractivity contribution in [3.63, 3.8) is 0 Å². The summed E-state index contributed by atoms with van der Waals surface area (Å²) in [7, 11) is 0. The molecule has 0 atom stereocenters. The predicted octanol–water partition coefficient (Wildman–Crippen LogP) is 5.72. The molecular weight excluding hydrogens is 426 g/mol. The van der Waals surface area contributed by atoms with Gasteiger partial charge in [-0.3, -0.25) is 4.99 Å². The standard InChI is InChI=1S/C27H31N5S/c1-21-11-14-29-15-12-27(22(21)2)31-23(3)25(20-30-16-13-28)10-9-24-7-6-8-26(19-24)33-32-17-4-5-18-32/h6-12,14-15,19-20,30-31H,3-5,16-18H2,1-2H3/b10-9+,14-11-,15-12?,21-11?,22-21+,25-20-,27-12+,27-22?,29-14?,29-15+. The zero-order valence-electron chi connectivity index (χ0n) is 19.3. The monoisotopic (exact) mass is 457 g/mol. The van der Waals surface area contributed by atoms with Crippen LogP contribution in [-0.4, -0.2) is 30.2 Å². The fraction of sp³-hybridized carbons (Fsp3) is 0.259. The SMILES string of the molecule is C=C(NC1=C/C=N/C=C\C(C)=C\1C)C(=C\NCC#N)/C=C/c1cccc(SN2CCCC2)c1. The summed E-state index contributed by atoms with van der Waals surface area (Å²) in [5.41, 5.74) is 5.91. The number of allylic oxidation sites excluding steroid dienone is 5. The Morgan fingerprint density at radius 2 is 2.12 bits per heavy atom. The fourth-order valence-electron chi connectivity index (χ4n) is 3.39. The van der Waals surface area contributed by atoms with E-state index < -0.39 is 0 Å². The van der Waals surface area contributed by atoms with Crippen molar-refractivity contribution in [2.45, 2.75) is 31.6 Å². The van der Waals surface area contributed by atoms with E-state index in [1.807, 2.05) is 36.4 Å². The second-order valence-corrected chi connectivity index (χ2v) is 9.05. The van der Waals surface area contributed by atoms with Crippen LogP contribution in [0.15, 0.2) is 99.5 Å². The molecule has 2 aliphatic heterocycles. The molecule has 0 amide bonds. The third-order valence-electron chi connectivity index (χ3n) is 5.42. The summed E-state index contributed by atoms with van der Waals surface area (Å²) in [6.07, 6.45) is 15.9. The molecular formula is C27H31N5S. The Hall–Kier alpha value is -3.27. The van der Waals surface area contributed by atoms with E-state index in [0.717, 1.165) is 46.8 Å². The zero-order valence-corrected chi connectivity index (χ0v) is 20.2. The second-order valence-electron chi connectivity index (χ2n) is 7.88. The van der Waals surface area contributed by atoms with E-state index >= 15 is 0 Å². The molecule has 0 unspecified atom stereocenters. The van der Waals surface area contributed by atoms with Gasteiger partial charge in [0.1, 0.15) is 6.54 Å². The van der Waals surface area contributed by atoms with Crippen LogP contribution in [0.3, 0.4) is 0 Å². The van der Waals surface area contributed by atoms with Gasteiger partial charge in [0.2, 0.25) is 0 Å². The second kappa shape index (κ2) is 12.7. The van der Waals surface area contributed by atoms with Crippen LogP contribution in [0.5, 0.6) is 0 Å².